The van der Waals surface area contributed by atoms with Gasteiger partial charge < -0.3 is 5.32 Å². The van der Waals surface area contributed by atoms with E-state index in [9.17, 15) is 4.79 Å². The largest absolute Gasteiger partial charge is 0.351 e. The highest BCUT2D eigenvalue weighted by molar-refractivity contribution is 9.10. The lowest BCUT2D eigenvalue weighted by molar-refractivity contribution is 0.0955. The first kappa shape index (κ1) is 11.8. The molecule has 0 saturated heterocycles. The third-order valence-corrected chi connectivity index (χ3v) is 2.64. The third kappa shape index (κ3) is 3.15. The van der Waals surface area contributed by atoms with Gasteiger partial charge in [0.2, 0.25) is 0 Å². The van der Waals surface area contributed by atoms with Crippen molar-refractivity contribution in [2.75, 3.05) is 12.4 Å². The Morgan fingerprint density at radius 2 is 2.21 bits per heavy atom. The Hall–Kier alpha value is -0.250. The van der Waals surface area contributed by atoms with Crippen LogP contribution in [-0.2, 0) is 0 Å². The van der Waals surface area contributed by atoms with Crippen molar-refractivity contribution < 1.29 is 4.79 Å². The highest BCUT2D eigenvalue weighted by Crippen LogP contribution is 2.21. The SMILES string of the molecule is O=C(NCCCl)c1ccc(Cl)cc1Br. The number of halogens is 3. The highest BCUT2D eigenvalue weighted by atomic mass is 79.9. The van der Waals surface area contributed by atoms with E-state index < -0.39 is 0 Å². The Balaban J connectivity index is 2.80. The van der Waals surface area contributed by atoms with E-state index in [4.69, 9.17) is 23.2 Å². The van der Waals surface area contributed by atoms with Gasteiger partial charge in [0.15, 0.2) is 0 Å². The van der Waals surface area contributed by atoms with Crippen LogP contribution in [0, 0.1) is 0 Å². The van der Waals surface area contributed by atoms with Gasteiger partial charge in [-0.2, -0.15) is 0 Å². The predicted molar refractivity (Wildman–Crippen MR) is 62.2 cm³/mol. The molecular weight excluding hydrogens is 289 g/mol. The zero-order valence-corrected chi connectivity index (χ0v) is 10.3. The highest BCUT2D eigenvalue weighted by Gasteiger charge is 2.08. The van der Waals surface area contributed by atoms with Crippen molar-refractivity contribution >= 4 is 45.0 Å². The van der Waals surface area contributed by atoms with Crippen LogP contribution in [-0.4, -0.2) is 18.3 Å². The van der Waals surface area contributed by atoms with Crippen LogP contribution in [0.15, 0.2) is 22.7 Å². The van der Waals surface area contributed by atoms with E-state index in [0.717, 1.165) is 0 Å². The second kappa shape index (κ2) is 5.59. The van der Waals surface area contributed by atoms with Gasteiger partial charge in [0.1, 0.15) is 0 Å². The smallest absolute Gasteiger partial charge is 0.252 e. The molecule has 0 aliphatic rings. The van der Waals surface area contributed by atoms with Crippen LogP contribution in [0.2, 0.25) is 5.02 Å². The van der Waals surface area contributed by atoms with Gasteiger partial charge in [-0.25, -0.2) is 0 Å². The topological polar surface area (TPSA) is 29.1 Å². The van der Waals surface area contributed by atoms with Gasteiger partial charge in [0, 0.05) is 21.9 Å². The molecular formula is C9H8BrCl2NO. The van der Waals surface area contributed by atoms with Crippen LogP contribution in [0.5, 0.6) is 0 Å². The summed E-state index contributed by atoms with van der Waals surface area (Å²) >= 11 is 14.5. The van der Waals surface area contributed by atoms with Crippen LogP contribution in [0.4, 0.5) is 0 Å². The van der Waals surface area contributed by atoms with E-state index in [1.54, 1.807) is 18.2 Å². The van der Waals surface area contributed by atoms with Crippen LogP contribution < -0.4 is 5.32 Å². The Morgan fingerprint density at radius 1 is 1.50 bits per heavy atom. The maximum Gasteiger partial charge on any atom is 0.252 e. The van der Waals surface area contributed by atoms with Crippen LogP contribution in [0.3, 0.4) is 0 Å². The fraction of sp³-hybridized carbons (Fsp3) is 0.222. The Labute approximate surface area is 101 Å². The van der Waals surface area contributed by atoms with Gasteiger partial charge in [-0.1, -0.05) is 11.6 Å². The molecule has 1 aromatic rings. The Morgan fingerprint density at radius 3 is 2.79 bits per heavy atom. The molecule has 0 fully saturated rings. The molecule has 1 N–H and O–H groups in total. The number of nitrogens with one attached hydrogen (secondary N) is 1. The average Bonchev–Trinajstić information content (AvgIpc) is 2.14. The zero-order valence-electron chi connectivity index (χ0n) is 7.19. The van der Waals surface area contributed by atoms with Gasteiger partial charge in [0.25, 0.3) is 5.91 Å². The third-order valence-electron chi connectivity index (χ3n) is 1.56. The fourth-order valence-corrected chi connectivity index (χ4v) is 1.89. The number of rotatable bonds is 3. The molecule has 1 amide bonds. The second-order valence-electron chi connectivity index (χ2n) is 2.57. The summed E-state index contributed by atoms with van der Waals surface area (Å²) < 4.78 is 0.678. The van der Waals surface area contributed by atoms with Crippen molar-refractivity contribution in [3.63, 3.8) is 0 Å². The van der Waals surface area contributed by atoms with E-state index >= 15 is 0 Å². The molecule has 5 heteroatoms. The summed E-state index contributed by atoms with van der Waals surface area (Å²) in [5, 5.41) is 3.25. The lowest BCUT2D eigenvalue weighted by Crippen LogP contribution is -2.25. The van der Waals surface area contributed by atoms with Crippen LogP contribution in [0.25, 0.3) is 0 Å². The number of alkyl halides is 1. The van der Waals surface area contributed by atoms with E-state index in [1.807, 2.05) is 0 Å². The quantitative estimate of drug-likeness (QED) is 0.854. The van der Waals surface area contributed by atoms with Crippen LogP contribution >= 0.6 is 39.1 Å². The lowest BCUT2D eigenvalue weighted by Gasteiger charge is -2.05. The molecule has 0 spiro atoms. The molecule has 1 aromatic carbocycles. The van der Waals surface area contributed by atoms with Crippen molar-refractivity contribution in [2.45, 2.75) is 0 Å². The maximum atomic E-state index is 11.5. The molecule has 0 aliphatic carbocycles. The minimum atomic E-state index is -0.158. The molecule has 0 aromatic heterocycles. The normalized spacial score (nSPS) is 9.93. The molecule has 0 aliphatic heterocycles. The number of amides is 1. The first-order chi connectivity index (χ1) is 6.65. The molecule has 0 atom stereocenters. The molecule has 1 rings (SSSR count). The molecule has 0 heterocycles. The van der Waals surface area contributed by atoms with E-state index in [0.29, 0.717) is 27.5 Å². The number of carbonyl (C=O) groups excluding carboxylic acids is 1. The summed E-state index contributed by atoms with van der Waals surface area (Å²) in [5.74, 6) is 0.242. The molecule has 14 heavy (non-hydrogen) atoms. The minimum Gasteiger partial charge on any atom is -0.351 e. The molecule has 0 radical (unpaired) electrons. The number of carbonyl (C=O) groups is 1. The molecule has 0 unspecified atom stereocenters. The summed E-state index contributed by atoms with van der Waals surface area (Å²) in [6, 6.07) is 5.01. The van der Waals surface area contributed by atoms with Gasteiger partial charge in [-0.15, -0.1) is 11.6 Å². The van der Waals surface area contributed by atoms with Crippen molar-refractivity contribution in [3.8, 4) is 0 Å². The fourth-order valence-electron chi connectivity index (χ4n) is 0.930. The van der Waals surface area contributed by atoms with Crippen molar-refractivity contribution in [1.29, 1.82) is 0 Å². The molecule has 2 nitrogen and oxygen atoms in total. The summed E-state index contributed by atoms with van der Waals surface area (Å²) in [6.45, 7) is 0.454. The maximum absolute atomic E-state index is 11.5. The van der Waals surface area contributed by atoms with Gasteiger partial charge in [-0.3, -0.25) is 4.79 Å². The first-order valence-corrected chi connectivity index (χ1v) is 5.65. The predicted octanol–water partition coefficient (Wildman–Crippen LogP) is 3.07. The summed E-state index contributed by atoms with van der Waals surface area (Å²) in [5.41, 5.74) is 0.555. The average molecular weight is 297 g/mol. The van der Waals surface area contributed by atoms with Crippen molar-refractivity contribution in [1.82, 2.24) is 5.32 Å². The van der Waals surface area contributed by atoms with Crippen molar-refractivity contribution in [2.24, 2.45) is 0 Å². The first-order valence-electron chi connectivity index (χ1n) is 3.94. The summed E-state index contributed by atoms with van der Waals surface area (Å²) in [6.07, 6.45) is 0. The van der Waals surface area contributed by atoms with E-state index in [-0.39, 0.29) is 5.91 Å². The zero-order chi connectivity index (χ0) is 10.6. The number of hydrogen-bond acceptors (Lipinski definition) is 1. The summed E-state index contributed by atoms with van der Waals surface area (Å²) in [7, 11) is 0. The second-order valence-corrected chi connectivity index (χ2v) is 4.24. The van der Waals surface area contributed by atoms with Gasteiger partial charge in [0.05, 0.1) is 5.56 Å². The number of hydrogen-bond donors (Lipinski definition) is 1. The van der Waals surface area contributed by atoms with Gasteiger partial charge in [-0.05, 0) is 34.1 Å². The molecule has 76 valence electrons. The lowest BCUT2D eigenvalue weighted by atomic mass is 10.2. The minimum absolute atomic E-state index is 0.158. The molecule has 0 bridgehead atoms. The Bertz CT molecular complexity index is 344. The monoisotopic (exact) mass is 295 g/mol. The van der Waals surface area contributed by atoms with Gasteiger partial charge >= 0.3 is 0 Å². The van der Waals surface area contributed by atoms with Crippen molar-refractivity contribution in [3.05, 3.63) is 33.3 Å². The van der Waals surface area contributed by atoms with Crippen LogP contribution in [0.1, 0.15) is 10.4 Å². The number of benzene rings is 1. The van der Waals surface area contributed by atoms with E-state index in [1.165, 1.54) is 0 Å². The molecule has 0 saturated carbocycles. The standard InChI is InChI=1S/C9H8BrCl2NO/c10-8-5-6(12)1-2-7(8)9(14)13-4-3-11/h1-2,5H,3-4H2,(H,13,14). The van der Waals surface area contributed by atoms with E-state index in [2.05, 4.69) is 21.2 Å². The summed E-state index contributed by atoms with van der Waals surface area (Å²) in [4.78, 5) is 11.5. The Kier molecular flexibility index (Phi) is 4.72.